The van der Waals surface area contributed by atoms with Gasteiger partial charge in [0.2, 0.25) is 5.91 Å². The average Bonchev–Trinajstić information content (AvgIpc) is 2.71. The number of hydrogen-bond donors (Lipinski definition) is 1. The molecule has 0 saturated carbocycles. The van der Waals surface area contributed by atoms with Crippen LogP contribution in [0.2, 0.25) is 0 Å². The summed E-state index contributed by atoms with van der Waals surface area (Å²) >= 11 is 0. The number of nitrogens with zero attached hydrogens (tertiary/aromatic N) is 1. The maximum atomic E-state index is 12.7. The molecule has 1 heterocycles. The van der Waals surface area contributed by atoms with E-state index in [1.165, 1.54) is 0 Å². The molecular formula is C16H32N2O2. The Bertz CT molecular complexity index is 307. The van der Waals surface area contributed by atoms with Crippen molar-refractivity contribution in [2.75, 3.05) is 13.7 Å². The molecule has 0 aromatic carbocycles. The first-order valence-corrected chi connectivity index (χ1v) is 7.99. The van der Waals surface area contributed by atoms with E-state index in [-0.39, 0.29) is 24.2 Å². The minimum atomic E-state index is -0.0197. The second kappa shape index (κ2) is 7.99. The summed E-state index contributed by atoms with van der Waals surface area (Å²) in [7, 11) is 1.71. The smallest absolute Gasteiger partial charge is 0.241 e. The number of amides is 1. The standard InChI is InChI=1S/C16H32N2O2/c1-7-12(4)15-16(19)18(13(5)8-9-20-6)14(17-15)10-11(2)3/h11-15,17H,7-10H2,1-6H3. The zero-order valence-corrected chi connectivity index (χ0v) is 14.0. The zero-order chi connectivity index (χ0) is 15.3. The molecule has 0 bridgehead atoms. The first-order chi connectivity index (χ1) is 9.42. The number of carbonyl (C=O) groups is 1. The molecule has 0 spiro atoms. The van der Waals surface area contributed by atoms with Crippen LogP contribution in [0.15, 0.2) is 0 Å². The van der Waals surface area contributed by atoms with Crippen LogP contribution in [0.1, 0.15) is 53.9 Å². The maximum Gasteiger partial charge on any atom is 0.241 e. The van der Waals surface area contributed by atoms with Crippen molar-refractivity contribution in [3.05, 3.63) is 0 Å². The number of carbonyl (C=O) groups excluding carboxylic acids is 1. The van der Waals surface area contributed by atoms with E-state index in [1.54, 1.807) is 7.11 Å². The van der Waals surface area contributed by atoms with Crippen molar-refractivity contribution in [3.8, 4) is 0 Å². The lowest BCUT2D eigenvalue weighted by molar-refractivity contribution is -0.133. The molecule has 4 unspecified atom stereocenters. The Labute approximate surface area is 124 Å². The van der Waals surface area contributed by atoms with Gasteiger partial charge in [-0.2, -0.15) is 0 Å². The number of ether oxygens (including phenoxy) is 1. The molecule has 1 fully saturated rings. The third-order valence-corrected chi connectivity index (χ3v) is 4.35. The van der Waals surface area contributed by atoms with Gasteiger partial charge in [-0.1, -0.05) is 34.1 Å². The van der Waals surface area contributed by atoms with E-state index in [9.17, 15) is 4.79 Å². The van der Waals surface area contributed by atoms with E-state index in [1.807, 2.05) is 0 Å². The Hall–Kier alpha value is -0.610. The predicted molar refractivity (Wildman–Crippen MR) is 82.4 cm³/mol. The van der Waals surface area contributed by atoms with Crippen molar-refractivity contribution >= 4 is 5.91 Å². The van der Waals surface area contributed by atoms with Gasteiger partial charge in [0.15, 0.2) is 0 Å². The van der Waals surface area contributed by atoms with Crippen LogP contribution >= 0.6 is 0 Å². The van der Waals surface area contributed by atoms with Gasteiger partial charge >= 0.3 is 0 Å². The van der Waals surface area contributed by atoms with Crippen LogP contribution in [0.25, 0.3) is 0 Å². The van der Waals surface area contributed by atoms with Crippen molar-refractivity contribution < 1.29 is 9.53 Å². The minimum Gasteiger partial charge on any atom is -0.385 e. The molecule has 118 valence electrons. The first-order valence-electron chi connectivity index (χ1n) is 7.99. The van der Waals surface area contributed by atoms with E-state index in [0.29, 0.717) is 18.4 Å². The van der Waals surface area contributed by atoms with Gasteiger partial charge in [0, 0.05) is 19.8 Å². The van der Waals surface area contributed by atoms with Gasteiger partial charge in [-0.3, -0.25) is 10.1 Å². The van der Waals surface area contributed by atoms with Crippen LogP contribution in [0.4, 0.5) is 0 Å². The Morgan fingerprint density at radius 1 is 1.30 bits per heavy atom. The van der Waals surface area contributed by atoms with Gasteiger partial charge in [-0.05, 0) is 31.6 Å². The van der Waals surface area contributed by atoms with Gasteiger partial charge in [0.1, 0.15) is 0 Å². The van der Waals surface area contributed by atoms with Crippen LogP contribution in [-0.2, 0) is 9.53 Å². The Morgan fingerprint density at radius 3 is 2.45 bits per heavy atom. The second-order valence-corrected chi connectivity index (χ2v) is 6.55. The van der Waals surface area contributed by atoms with Crippen LogP contribution in [-0.4, -0.2) is 42.8 Å². The van der Waals surface area contributed by atoms with Crippen LogP contribution in [0, 0.1) is 11.8 Å². The normalized spacial score (nSPS) is 26.4. The highest BCUT2D eigenvalue weighted by molar-refractivity contribution is 5.85. The van der Waals surface area contributed by atoms with Crippen LogP contribution in [0.5, 0.6) is 0 Å². The van der Waals surface area contributed by atoms with Gasteiger partial charge in [-0.25, -0.2) is 0 Å². The van der Waals surface area contributed by atoms with Crippen molar-refractivity contribution in [2.45, 2.75) is 72.1 Å². The third-order valence-electron chi connectivity index (χ3n) is 4.35. The Kier molecular flexibility index (Phi) is 6.96. The lowest BCUT2D eigenvalue weighted by atomic mass is 9.99. The summed E-state index contributed by atoms with van der Waals surface area (Å²) in [4.78, 5) is 14.8. The Morgan fingerprint density at radius 2 is 1.95 bits per heavy atom. The molecule has 1 aliphatic rings. The molecule has 20 heavy (non-hydrogen) atoms. The Balaban J connectivity index is 2.81. The molecule has 0 aromatic rings. The molecule has 0 radical (unpaired) electrons. The fraction of sp³-hybridized carbons (Fsp3) is 0.938. The monoisotopic (exact) mass is 284 g/mol. The van der Waals surface area contributed by atoms with E-state index in [0.717, 1.165) is 19.3 Å². The topological polar surface area (TPSA) is 41.6 Å². The summed E-state index contributed by atoms with van der Waals surface area (Å²) in [6.07, 6.45) is 3.10. The molecule has 1 aliphatic heterocycles. The molecule has 1 rings (SSSR count). The summed E-state index contributed by atoms with van der Waals surface area (Å²) in [5, 5.41) is 3.57. The zero-order valence-electron chi connectivity index (χ0n) is 14.0. The van der Waals surface area contributed by atoms with Gasteiger partial charge in [0.25, 0.3) is 0 Å². The van der Waals surface area contributed by atoms with Crippen LogP contribution in [0.3, 0.4) is 0 Å². The summed E-state index contributed by atoms with van der Waals surface area (Å²) in [6, 6.07) is 0.210. The second-order valence-electron chi connectivity index (χ2n) is 6.55. The summed E-state index contributed by atoms with van der Waals surface area (Å²) in [6.45, 7) is 11.6. The third kappa shape index (κ3) is 4.19. The van der Waals surface area contributed by atoms with Crippen molar-refractivity contribution in [3.63, 3.8) is 0 Å². The molecule has 0 aromatic heterocycles. The summed E-state index contributed by atoms with van der Waals surface area (Å²) in [5.41, 5.74) is 0. The number of rotatable bonds is 8. The van der Waals surface area contributed by atoms with Crippen molar-refractivity contribution in [1.82, 2.24) is 10.2 Å². The lowest BCUT2D eigenvalue weighted by Gasteiger charge is -2.31. The van der Waals surface area contributed by atoms with E-state index >= 15 is 0 Å². The van der Waals surface area contributed by atoms with Gasteiger partial charge in [0.05, 0.1) is 12.2 Å². The minimum absolute atomic E-state index is 0.0197. The average molecular weight is 284 g/mol. The highest BCUT2D eigenvalue weighted by Gasteiger charge is 2.42. The largest absolute Gasteiger partial charge is 0.385 e. The SMILES string of the molecule is CCC(C)C1NC(CC(C)C)N(C(C)CCOC)C1=O. The molecule has 4 nitrogen and oxygen atoms in total. The van der Waals surface area contributed by atoms with E-state index in [4.69, 9.17) is 4.74 Å². The molecule has 1 N–H and O–H groups in total. The molecule has 0 aliphatic carbocycles. The van der Waals surface area contributed by atoms with Crippen molar-refractivity contribution in [2.24, 2.45) is 11.8 Å². The number of hydrogen-bond acceptors (Lipinski definition) is 3. The molecule has 1 saturated heterocycles. The molecule has 4 atom stereocenters. The van der Waals surface area contributed by atoms with Crippen LogP contribution < -0.4 is 5.32 Å². The fourth-order valence-electron chi connectivity index (χ4n) is 2.90. The summed E-state index contributed by atoms with van der Waals surface area (Å²) in [5.74, 6) is 1.23. The predicted octanol–water partition coefficient (Wildman–Crippen LogP) is 2.63. The maximum absolute atomic E-state index is 12.7. The van der Waals surface area contributed by atoms with Gasteiger partial charge in [-0.15, -0.1) is 0 Å². The molecule has 1 amide bonds. The highest BCUT2D eigenvalue weighted by atomic mass is 16.5. The van der Waals surface area contributed by atoms with E-state index in [2.05, 4.69) is 44.8 Å². The quantitative estimate of drug-likeness (QED) is 0.745. The van der Waals surface area contributed by atoms with Gasteiger partial charge < -0.3 is 9.64 Å². The van der Waals surface area contributed by atoms with E-state index < -0.39 is 0 Å². The molecular weight excluding hydrogens is 252 g/mol. The highest BCUT2D eigenvalue weighted by Crippen LogP contribution is 2.26. The summed E-state index contributed by atoms with van der Waals surface area (Å²) < 4.78 is 5.16. The van der Waals surface area contributed by atoms with Crippen molar-refractivity contribution in [1.29, 1.82) is 0 Å². The molecule has 4 heteroatoms. The fourth-order valence-corrected chi connectivity index (χ4v) is 2.90. The number of methoxy groups -OCH3 is 1. The lowest BCUT2D eigenvalue weighted by Crippen LogP contribution is -2.44. The first kappa shape index (κ1) is 17.4. The number of nitrogens with one attached hydrogen (secondary N) is 1.